The number of anilines is 1. The predicted octanol–water partition coefficient (Wildman–Crippen LogP) is 3.96. The minimum atomic E-state index is -3.76. The summed E-state index contributed by atoms with van der Waals surface area (Å²) in [5.41, 5.74) is 0.882. The molecule has 2 rings (SSSR count). The molecule has 2 aromatic rings. The van der Waals surface area contributed by atoms with Crippen molar-refractivity contribution in [1.82, 2.24) is 0 Å². The van der Waals surface area contributed by atoms with Crippen LogP contribution in [0.4, 0.5) is 5.69 Å². The summed E-state index contributed by atoms with van der Waals surface area (Å²) in [6.45, 7) is 1.58. The summed E-state index contributed by atoms with van der Waals surface area (Å²) in [5.74, 6) is 0. The molecule has 1 atom stereocenters. The van der Waals surface area contributed by atoms with Gasteiger partial charge in [0, 0.05) is 9.50 Å². The van der Waals surface area contributed by atoms with Crippen LogP contribution in [0, 0.1) is 0 Å². The lowest BCUT2D eigenvalue weighted by molar-refractivity contribution is 0.199. The quantitative estimate of drug-likeness (QED) is 0.830. The summed E-state index contributed by atoms with van der Waals surface area (Å²) in [4.78, 5) is 0.0766. The lowest BCUT2D eigenvalue weighted by Gasteiger charge is -2.12. The van der Waals surface area contributed by atoms with Gasteiger partial charge in [0.25, 0.3) is 10.0 Å². The molecule has 0 bridgehead atoms. The van der Waals surface area contributed by atoms with Crippen molar-refractivity contribution in [2.75, 3.05) is 4.72 Å². The first-order valence-electron chi connectivity index (χ1n) is 6.05. The van der Waals surface area contributed by atoms with E-state index in [-0.39, 0.29) is 4.90 Å². The Morgan fingerprint density at radius 3 is 2.62 bits per heavy atom. The van der Waals surface area contributed by atoms with E-state index in [2.05, 4.69) is 20.7 Å². The Morgan fingerprint density at radius 1 is 1.24 bits per heavy atom. The number of aliphatic hydroxyl groups excluding tert-OH is 1. The smallest absolute Gasteiger partial charge is 0.261 e. The van der Waals surface area contributed by atoms with Gasteiger partial charge in [-0.05, 0) is 58.7 Å². The topological polar surface area (TPSA) is 66.4 Å². The number of nitrogens with one attached hydrogen (secondary N) is 1. The Hall–Kier alpha value is -1.08. The van der Waals surface area contributed by atoms with Crippen LogP contribution in [-0.4, -0.2) is 13.5 Å². The van der Waals surface area contributed by atoms with Gasteiger partial charge in [0.05, 0.1) is 16.7 Å². The molecule has 0 aliphatic heterocycles. The predicted molar refractivity (Wildman–Crippen MR) is 87.0 cm³/mol. The summed E-state index contributed by atoms with van der Waals surface area (Å²) in [5, 5.41) is 9.97. The molecule has 0 fully saturated rings. The fraction of sp³-hybridized carbons (Fsp3) is 0.143. The largest absolute Gasteiger partial charge is 0.389 e. The van der Waals surface area contributed by atoms with Gasteiger partial charge in [-0.25, -0.2) is 8.42 Å². The van der Waals surface area contributed by atoms with E-state index in [1.165, 1.54) is 18.2 Å². The van der Waals surface area contributed by atoms with Crippen molar-refractivity contribution in [1.29, 1.82) is 0 Å². The highest BCUT2D eigenvalue weighted by Gasteiger charge is 2.17. The zero-order chi connectivity index (χ0) is 15.6. The number of hydrogen-bond donors (Lipinski definition) is 2. The van der Waals surface area contributed by atoms with Gasteiger partial charge in [-0.15, -0.1) is 0 Å². The monoisotopic (exact) mass is 389 g/mol. The highest BCUT2D eigenvalue weighted by Crippen LogP contribution is 2.28. The first-order chi connectivity index (χ1) is 9.79. The van der Waals surface area contributed by atoms with E-state index in [0.29, 0.717) is 20.7 Å². The lowest BCUT2D eigenvalue weighted by Crippen LogP contribution is -2.13. The maximum absolute atomic E-state index is 12.4. The van der Waals surface area contributed by atoms with Crippen molar-refractivity contribution in [2.45, 2.75) is 17.9 Å². The molecule has 0 amide bonds. The average molecular weight is 391 g/mol. The van der Waals surface area contributed by atoms with Crippen molar-refractivity contribution in [2.24, 2.45) is 0 Å². The van der Waals surface area contributed by atoms with Crippen LogP contribution in [0.2, 0.25) is 5.02 Å². The summed E-state index contributed by atoms with van der Waals surface area (Å²) in [7, 11) is -3.76. The minimum absolute atomic E-state index is 0.0766. The molecule has 0 heterocycles. The lowest BCUT2D eigenvalue weighted by atomic mass is 10.1. The van der Waals surface area contributed by atoms with Gasteiger partial charge in [0.2, 0.25) is 0 Å². The number of sulfonamides is 1. The van der Waals surface area contributed by atoms with Crippen LogP contribution in [0.1, 0.15) is 18.6 Å². The zero-order valence-electron chi connectivity index (χ0n) is 11.0. The first kappa shape index (κ1) is 16.3. The Kier molecular flexibility index (Phi) is 4.93. The van der Waals surface area contributed by atoms with Crippen molar-refractivity contribution >= 4 is 43.2 Å². The number of halogens is 2. The molecule has 0 radical (unpaired) electrons. The third-order valence-corrected chi connectivity index (χ3v) is 5.11. The molecule has 0 aliphatic carbocycles. The van der Waals surface area contributed by atoms with E-state index in [1.54, 1.807) is 31.2 Å². The maximum atomic E-state index is 12.4. The molecule has 2 aromatic carbocycles. The highest BCUT2D eigenvalue weighted by atomic mass is 79.9. The molecular formula is C14H13BrClNO3S. The number of benzene rings is 2. The summed E-state index contributed by atoms with van der Waals surface area (Å²) < 4.78 is 27.8. The fourth-order valence-electron chi connectivity index (χ4n) is 1.72. The third-order valence-electron chi connectivity index (χ3n) is 2.82. The van der Waals surface area contributed by atoms with Crippen LogP contribution in [-0.2, 0) is 10.0 Å². The number of hydrogen-bond acceptors (Lipinski definition) is 3. The molecule has 0 saturated heterocycles. The molecule has 21 heavy (non-hydrogen) atoms. The normalized spacial score (nSPS) is 13.0. The van der Waals surface area contributed by atoms with E-state index >= 15 is 0 Å². The zero-order valence-corrected chi connectivity index (χ0v) is 14.2. The van der Waals surface area contributed by atoms with Crippen molar-refractivity contribution in [3.8, 4) is 0 Å². The number of aliphatic hydroxyl groups is 1. The van der Waals surface area contributed by atoms with E-state index in [9.17, 15) is 13.5 Å². The van der Waals surface area contributed by atoms with Crippen LogP contribution in [0.25, 0.3) is 0 Å². The van der Waals surface area contributed by atoms with E-state index in [1.807, 2.05) is 0 Å². The molecule has 112 valence electrons. The Morgan fingerprint density at radius 2 is 1.95 bits per heavy atom. The molecule has 0 aromatic heterocycles. The molecule has 2 N–H and O–H groups in total. The molecule has 1 unspecified atom stereocenters. The number of rotatable bonds is 4. The standard InChI is InChI=1S/C14H13BrClNO3S/c1-9(18)10-3-2-4-12(7-10)21(19,20)17-14-8-11(16)5-6-13(14)15/h2-9,17-18H,1H3. The van der Waals surface area contributed by atoms with Crippen molar-refractivity contribution in [3.05, 3.63) is 57.5 Å². The Labute approximate surface area is 136 Å². The van der Waals surface area contributed by atoms with E-state index < -0.39 is 16.1 Å². The van der Waals surface area contributed by atoms with Gasteiger partial charge < -0.3 is 5.11 Å². The minimum Gasteiger partial charge on any atom is -0.389 e. The second kappa shape index (κ2) is 6.36. The van der Waals surface area contributed by atoms with Crippen LogP contribution in [0.3, 0.4) is 0 Å². The average Bonchev–Trinajstić information content (AvgIpc) is 2.43. The Balaban J connectivity index is 2.38. The first-order valence-corrected chi connectivity index (χ1v) is 8.71. The third kappa shape index (κ3) is 3.97. The van der Waals surface area contributed by atoms with Gasteiger partial charge in [0.1, 0.15) is 0 Å². The fourth-order valence-corrected chi connectivity index (χ4v) is 3.50. The van der Waals surface area contributed by atoms with E-state index in [4.69, 9.17) is 11.6 Å². The van der Waals surface area contributed by atoms with E-state index in [0.717, 1.165) is 0 Å². The van der Waals surface area contributed by atoms with Crippen LogP contribution in [0.5, 0.6) is 0 Å². The molecule has 7 heteroatoms. The van der Waals surface area contributed by atoms with Gasteiger partial charge in [0.15, 0.2) is 0 Å². The SMILES string of the molecule is CC(O)c1cccc(S(=O)(=O)Nc2cc(Cl)ccc2Br)c1. The molecule has 0 spiro atoms. The van der Waals surface area contributed by atoms with Gasteiger partial charge in [-0.1, -0.05) is 23.7 Å². The maximum Gasteiger partial charge on any atom is 0.261 e. The molecule has 4 nitrogen and oxygen atoms in total. The highest BCUT2D eigenvalue weighted by molar-refractivity contribution is 9.10. The summed E-state index contributed by atoms with van der Waals surface area (Å²) in [6.07, 6.45) is -0.738. The van der Waals surface area contributed by atoms with Crippen LogP contribution < -0.4 is 4.72 Å². The van der Waals surface area contributed by atoms with Gasteiger partial charge in [-0.3, -0.25) is 4.72 Å². The molecule has 0 aliphatic rings. The van der Waals surface area contributed by atoms with Crippen LogP contribution in [0.15, 0.2) is 51.8 Å². The summed E-state index contributed by atoms with van der Waals surface area (Å²) >= 11 is 9.14. The summed E-state index contributed by atoms with van der Waals surface area (Å²) in [6, 6.07) is 11.0. The van der Waals surface area contributed by atoms with Gasteiger partial charge >= 0.3 is 0 Å². The van der Waals surface area contributed by atoms with Crippen molar-refractivity contribution in [3.63, 3.8) is 0 Å². The van der Waals surface area contributed by atoms with Gasteiger partial charge in [-0.2, -0.15) is 0 Å². The Bertz CT molecular complexity index is 763. The van der Waals surface area contributed by atoms with Crippen molar-refractivity contribution < 1.29 is 13.5 Å². The second-order valence-corrected chi connectivity index (χ2v) is 7.45. The second-order valence-electron chi connectivity index (χ2n) is 4.48. The molecular weight excluding hydrogens is 378 g/mol. The molecule has 0 saturated carbocycles. The van der Waals surface area contributed by atoms with Crippen LogP contribution >= 0.6 is 27.5 Å².